The van der Waals surface area contributed by atoms with E-state index in [9.17, 15) is 13.2 Å². The molecule has 0 radical (unpaired) electrons. The predicted octanol–water partition coefficient (Wildman–Crippen LogP) is 2.04. The molecular formula is C18H20ClN5O3S. The van der Waals surface area contributed by atoms with Gasteiger partial charge in [0.15, 0.2) is 0 Å². The normalized spacial score (nSPS) is 11.9. The Balaban J connectivity index is 1.63. The molecule has 2 aromatic carbocycles. The van der Waals surface area contributed by atoms with Gasteiger partial charge in [-0.25, -0.2) is 17.4 Å². The van der Waals surface area contributed by atoms with Crippen LogP contribution in [-0.4, -0.2) is 47.7 Å². The highest BCUT2D eigenvalue weighted by molar-refractivity contribution is 7.89. The Labute approximate surface area is 168 Å². The molecule has 0 fully saturated rings. The molecule has 0 spiro atoms. The lowest BCUT2D eigenvalue weighted by Gasteiger charge is -2.11. The summed E-state index contributed by atoms with van der Waals surface area (Å²) < 4.78 is 27.2. The third-order valence-electron chi connectivity index (χ3n) is 4.22. The van der Waals surface area contributed by atoms with Crippen molar-refractivity contribution in [1.82, 2.24) is 24.6 Å². The van der Waals surface area contributed by atoms with E-state index >= 15 is 0 Å². The summed E-state index contributed by atoms with van der Waals surface area (Å²) in [5.41, 5.74) is 2.09. The van der Waals surface area contributed by atoms with Gasteiger partial charge in [-0.1, -0.05) is 28.9 Å². The molecule has 28 heavy (non-hydrogen) atoms. The number of aryl methyl sites for hydroxylation is 1. The van der Waals surface area contributed by atoms with Crippen molar-refractivity contribution < 1.29 is 13.2 Å². The second-order valence-electron chi connectivity index (χ2n) is 6.40. The molecule has 0 unspecified atom stereocenters. The number of nitrogens with one attached hydrogen (secondary N) is 1. The van der Waals surface area contributed by atoms with E-state index in [0.717, 1.165) is 9.87 Å². The first-order valence-electron chi connectivity index (χ1n) is 8.54. The fourth-order valence-corrected chi connectivity index (χ4v) is 3.64. The summed E-state index contributed by atoms with van der Waals surface area (Å²) in [5, 5.41) is 11.5. The van der Waals surface area contributed by atoms with Crippen molar-refractivity contribution in [2.75, 3.05) is 14.1 Å². The lowest BCUT2D eigenvalue weighted by molar-refractivity contribution is -0.121. The number of hydrogen-bond donors (Lipinski definition) is 1. The molecule has 3 rings (SSSR count). The number of halogens is 1. The zero-order valence-corrected chi connectivity index (χ0v) is 17.0. The lowest BCUT2D eigenvalue weighted by Crippen LogP contribution is -2.24. The summed E-state index contributed by atoms with van der Waals surface area (Å²) >= 11 is 5.84. The van der Waals surface area contributed by atoms with Crippen LogP contribution < -0.4 is 5.32 Å². The van der Waals surface area contributed by atoms with Crippen molar-refractivity contribution in [3.63, 3.8) is 0 Å². The highest BCUT2D eigenvalue weighted by atomic mass is 35.5. The average Bonchev–Trinajstić information content (AvgIpc) is 3.08. The van der Waals surface area contributed by atoms with Gasteiger partial charge in [-0.05, 0) is 35.9 Å². The topological polar surface area (TPSA) is 97.2 Å². The summed E-state index contributed by atoms with van der Waals surface area (Å²) in [7, 11) is -0.595. The predicted molar refractivity (Wildman–Crippen MR) is 106 cm³/mol. The zero-order chi connectivity index (χ0) is 20.3. The Kier molecular flexibility index (Phi) is 5.97. The van der Waals surface area contributed by atoms with Gasteiger partial charge in [-0.15, -0.1) is 5.10 Å². The number of hydrogen-bond acceptors (Lipinski definition) is 5. The number of nitrogens with zero attached hydrogens (tertiary/aromatic N) is 4. The van der Waals surface area contributed by atoms with Crippen LogP contribution in [0.15, 0.2) is 47.4 Å². The summed E-state index contributed by atoms with van der Waals surface area (Å²) in [6, 6.07) is 11.9. The van der Waals surface area contributed by atoms with Crippen LogP contribution >= 0.6 is 11.6 Å². The second kappa shape index (κ2) is 8.26. The fraction of sp³-hybridized carbons (Fsp3) is 0.278. The monoisotopic (exact) mass is 421 g/mol. The molecule has 1 amide bonds. The van der Waals surface area contributed by atoms with Crippen molar-refractivity contribution in [1.29, 1.82) is 0 Å². The Morgan fingerprint density at radius 2 is 1.89 bits per heavy atom. The molecule has 8 nitrogen and oxygen atoms in total. The Morgan fingerprint density at radius 3 is 2.57 bits per heavy atom. The molecule has 0 saturated carbocycles. The van der Waals surface area contributed by atoms with Crippen LogP contribution in [0, 0.1) is 0 Å². The molecule has 0 atom stereocenters. The first-order valence-corrected chi connectivity index (χ1v) is 10.4. The number of carbonyl (C=O) groups excluding carboxylic acids is 1. The van der Waals surface area contributed by atoms with Gasteiger partial charge < -0.3 is 5.32 Å². The van der Waals surface area contributed by atoms with Gasteiger partial charge in [0.2, 0.25) is 15.9 Å². The Hall–Kier alpha value is -2.49. The van der Waals surface area contributed by atoms with Crippen molar-refractivity contribution in [3.05, 3.63) is 53.1 Å². The third-order valence-corrected chi connectivity index (χ3v) is 6.28. The van der Waals surface area contributed by atoms with E-state index in [1.165, 1.54) is 26.2 Å². The summed E-state index contributed by atoms with van der Waals surface area (Å²) in [5.74, 6) is -0.120. The van der Waals surface area contributed by atoms with Crippen LogP contribution in [0.3, 0.4) is 0 Å². The minimum absolute atomic E-state index is 0.120. The number of aromatic nitrogens is 3. The number of benzene rings is 2. The van der Waals surface area contributed by atoms with E-state index in [1.54, 1.807) is 22.9 Å². The molecule has 0 saturated heterocycles. The molecule has 1 N–H and O–H groups in total. The maximum Gasteiger partial charge on any atom is 0.242 e. The van der Waals surface area contributed by atoms with Crippen molar-refractivity contribution in [2.24, 2.45) is 0 Å². The molecule has 0 aliphatic rings. The third kappa shape index (κ3) is 4.49. The van der Waals surface area contributed by atoms with Crippen LogP contribution in [0.25, 0.3) is 11.0 Å². The molecule has 1 heterocycles. The van der Waals surface area contributed by atoms with Crippen LogP contribution in [0.5, 0.6) is 0 Å². The first-order chi connectivity index (χ1) is 13.3. The van der Waals surface area contributed by atoms with Crippen molar-refractivity contribution in [2.45, 2.75) is 24.4 Å². The first kappa shape index (κ1) is 20.2. The van der Waals surface area contributed by atoms with E-state index < -0.39 is 10.0 Å². The Bertz CT molecular complexity index is 1090. The number of rotatable bonds is 7. The van der Waals surface area contributed by atoms with Gasteiger partial charge in [0.05, 0.1) is 17.0 Å². The average molecular weight is 422 g/mol. The van der Waals surface area contributed by atoms with E-state index in [4.69, 9.17) is 11.6 Å². The largest absolute Gasteiger partial charge is 0.352 e. The lowest BCUT2D eigenvalue weighted by atomic mass is 10.2. The van der Waals surface area contributed by atoms with Crippen LogP contribution in [0.1, 0.15) is 12.0 Å². The maximum atomic E-state index is 12.2. The fourth-order valence-electron chi connectivity index (χ4n) is 2.59. The van der Waals surface area contributed by atoms with Gasteiger partial charge in [-0.2, -0.15) is 0 Å². The summed E-state index contributed by atoms with van der Waals surface area (Å²) in [4.78, 5) is 12.2. The molecule has 0 bridgehead atoms. The molecule has 0 aliphatic heterocycles. The molecular weight excluding hydrogens is 402 g/mol. The smallest absolute Gasteiger partial charge is 0.242 e. The number of fused-ring (bicyclic) bond motifs is 1. The SMILES string of the molecule is CN(C)S(=O)(=O)c1ccc2c(c1)nnn2CCC(=O)NCc1ccc(Cl)cc1. The minimum atomic E-state index is -3.54. The summed E-state index contributed by atoms with van der Waals surface area (Å²) in [6.07, 6.45) is 0.226. The molecule has 1 aromatic heterocycles. The number of sulfonamides is 1. The van der Waals surface area contributed by atoms with Gasteiger partial charge in [0.25, 0.3) is 0 Å². The number of carbonyl (C=O) groups is 1. The van der Waals surface area contributed by atoms with E-state index in [2.05, 4.69) is 15.6 Å². The second-order valence-corrected chi connectivity index (χ2v) is 8.99. The van der Waals surface area contributed by atoms with E-state index in [-0.39, 0.29) is 17.2 Å². The summed E-state index contributed by atoms with van der Waals surface area (Å²) in [6.45, 7) is 0.753. The maximum absolute atomic E-state index is 12.2. The van der Waals surface area contributed by atoms with E-state index in [0.29, 0.717) is 29.1 Å². The quantitative estimate of drug-likeness (QED) is 0.629. The van der Waals surface area contributed by atoms with Gasteiger partial charge in [0, 0.05) is 32.1 Å². The van der Waals surface area contributed by atoms with Gasteiger partial charge in [0.1, 0.15) is 5.52 Å². The standard InChI is InChI=1S/C18H20ClN5O3S/c1-23(2)28(26,27)15-7-8-17-16(11-15)21-22-24(17)10-9-18(25)20-12-13-3-5-14(19)6-4-13/h3-8,11H,9-10,12H2,1-2H3,(H,20,25). The minimum Gasteiger partial charge on any atom is -0.352 e. The molecule has 148 valence electrons. The Morgan fingerprint density at radius 1 is 1.18 bits per heavy atom. The van der Waals surface area contributed by atoms with E-state index in [1.807, 2.05) is 12.1 Å². The van der Waals surface area contributed by atoms with Crippen LogP contribution in [-0.2, 0) is 27.9 Å². The zero-order valence-electron chi connectivity index (χ0n) is 15.5. The molecule has 10 heteroatoms. The van der Waals surface area contributed by atoms with Crippen LogP contribution in [0.4, 0.5) is 0 Å². The highest BCUT2D eigenvalue weighted by Crippen LogP contribution is 2.19. The number of amides is 1. The van der Waals surface area contributed by atoms with Gasteiger partial charge in [-0.3, -0.25) is 4.79 Å². The van der Waals surface area contributed by atoms with Crippen molar-refractivity contribution in [3.8, 4) is 0 Å². The molecule has 0 aliphatic carbocycles. The highest BCUT2D eigenvalue weighted by Gasteiger charge is 2.18. The van der Waals surface area contributed by atoms with Crippen LogP contribution in [0.2, 0.25) is 5.02 Å². The van der Waals surface area contributed by atoms with Crippen molar-refractivity contribution >= 4 is 38.6 Å². The molecule has 3 aromatic rings. The van der Waals surface area contributed by atoms with Gasteiger partial charge >= 0.3 is 0 Å².